The van der Waals surface area contributed by atoms with Gasteiger partial charge in [-0.2, -0.15) is 0 Å². The standard InChI is InChI=1S/C15H9NO5.2ClH/c17-13-11-5-7(14(18)19)1-3-9(11)10-4-2-8(15(20)21)6-12(10)16-13;;/h1-6H,(H,16,17)(H,18,19)(H,20,21);2*1H. The summed E-state index contributed by atoms with van der Waals surface area (Å²) in [6.07, 6.45) is 0. The van der Waals surface area contributed by atoms with Gasteiger partial charge < -0.3 is 15.2 Å². The Morgan fingerprint density at radius 2 is 1.30 bits per heavy atom. The number of H-pyrrole nitrogens is 1. The quantitative estimate of drug-likeness (QED) is 0.612. The van der Waals surface area contributed by atoms with Crippen LogP contribution < -0.4 is 5.56 Å². The van der Waals surface area contributed by atoms with Crippen molar-refractivity contribution in [3.63, 3.8) is 0 Å². The molecule has 1 heterocycles. The van der Waals surface area contributed by atoms with E-state index in [1.165, 1.54) is 24.3 Å². The Balaban J connectivity index is 0.00000132. The van der Waals surface area contributed by atoms with Crippen LogP contribution in [0.15, 0.2) is 41.2 Å². The summed E-state index contributed by atoms with van der Waals surface area (Å²) >= 11 is 0. The minimum Gasteiger partial charge on any atom is -0.478 e. The topological polar surface area (TPSA) is 107 Å². The molecule has 6 nitrogen and oxygen atoms in total. The van der Waals surface area contributed by atoms with Crippen molar-refractivity contribution < 1.29 is 19.8 Å². The molecule has 0 aliphatic rings. The van der Waals surface area contributed by atoms with Gasteiger partial charge >= 0.3 is 11.9 Å². The first-order valence-electron chi connectivity index (χ1n) is 6.04. The number of carboxylic acids is 2. The number of benzene rings is 2. The van der Waals surface area contributed by atoms with Gasteiger partial charge in [-0.25, -0.2) is 9.59 Å². The molecule has 120 valence electrons. The highest BCUT2D eigenvalue weighted by atomic mass is 35.5. The lowest BCUT2D eigenvalue weighted by Gasteiger charge is -2.05. The second-order valence-electron chi connectivity index (χ2n) is 4.59. The van der Waals surface area contributed by atoms with Crippen molar-refractivity contribution in [2.45, 2.75) is 0 Å². The van der Waals surface area contributed by atoms with Crippen LogP contribution in [0.5, 0.6) is 0 Å². The van der Waals surface area contributed by atoms with Crippen LogP contribution in [0.2, 0.25) is 0 Å². The van der Waals surface area contributed by atoms with Crippen molar-refractivity contribution in [3.8, 4) is 0 Å². The van der Waals surface area contributed by atoms with Gasteiger partial charge in [0, 0.05) is 16.3 Å². The average Bonchev–Trinajstić information content (AvgIpc) is 2.46. The van der Waals surface area contributed by atoms with Crippen molar-refractivity contribution >= 4 is 58.4 Å². The second kappa shape index (κ2) is 6.68. The lowest BCUT2D eigenvalue weighted by Crippen LogP contribution is -2.08. The van der Waals surface area contributed by atoms with Gasteiger partial charge in [0.15, 0.2) is 0 Å². The fraction of sp³-hybridized carbons (Fsp3) is 0. The molecule has 0 bridgehead atoms. The second-order valence-corrected chi connectivity index (χ2v) is 4.59. The normalized spacial score (nSPS) is 9.91. The molecule has 3 N–H and O–H groups in total. The summed E-state index contributed by atoms with van der Waals surface area (Å²) in [5.74, 6) is -2.20. The zero-order chi connectivity index (χ0) is 15.1. The Morgan fingerprint density at radius 3 is 1.87 bits per heavy atom. The lowest BCUT2D eigenvalue weighted by molar-refractivity contribution is 0.0686. The van der Waals surface area contributed by atoms with Crippen LogP contribution in [0.1, 0.15) is 20.7 Å². The minimum atomic E-state index is -1.11. The zero-order valence-corrected chi connectivity index (χ0v) is 13.0. The largest absolute Gasteiger partial charge is 0.478 e. The van der Waals surface area contributed by atoms with Crippen molar-refractivity contribution in [1.29, 1.82) is 0 Å². The van der Waals surface area contributed by atoms with E-state index in [1.807, 2.05) is 0 Å². The van der Waals surface area contributed by atoms with Gasteiger partial charge in [-0.1, -0.05) is 12.1 Å². The Bertz CT molecular complexity index is 981. The molecule has 8 heteroatoms. The molecular weight excluding hydrogens is 345 g/mol. The Kier molecular flexibility index (Phi) is 5.37. The van der Waals surface area contributed by atoms with Gasteiger partial charge in [0.05, 0.1) is 11.1 Å². The summed E-state index contributed by atoms with van der Waals surface area (Å²) in [6.45, 7) is 0. The third-order valence-corrected chi connectivity index (χ3v) is 3.32. The number of carbonyl (C=O) groups is 2. The number of rotatable bonds is 2. The molecule has 0 atom stereocenters. The maximum absolute atomic E-state index is 12.1. The van der Waals surface area contributed by atoms with Crippen LogP contribution in [-0.2, 0) is 0 Å². The Labute approximate surface area is 141 Å². The van der Waals surface area contributed by atoms with Gasteiger partial charge in [0.2, 0.25) is 0 Å². The highest BCUT2D eigenvalue weighted by Gasteiger charge is 2.11. The molecule has 0 fully saturated rings. The summed E-state index contributed by atoms with van der Waals surface area (Å²) < 4.78 is 0. The van der Waals surface area contributed by atoms with E-state index >= 15 is 0 Å². The molecule has 0 radical (unpaired) electrons. The van der Waals surface area contributed by atoms with Gasteiger partial charge in [-0.15, -0.1) is 24.8 Å². The number of hydrogen-bond donors (Lipinski definition) is 3. The van der Waals surface area contributed by atoms with Crippen LogP contribution in [0.25, 0.3) is 21.7 Å². The van der Waals surface area contributed by atoms with E-state index in [1.54, 1.807) is 12.1 Å². The molecule has 0 spiro atoms. The summed E-state index contributed by atoms with van der Waals surface area (Å²) in [6, 6.07) is 8.68. The van der Waals surface area contributed by atoms with E-state index in [9.17, 15) is 14.4 Å². The summed E-state index contributed by atoms with van der Waals surface area (Å²) in [7, 11) is 0. The molecule has 23 heavy (non-hydrogen) atoms. The number of aromatic nitrogens is 1. The summed E-state index contributed by atoms with van der Waals surface area (Å²) in [4.78, 5) is 36.6. The maximum atomic E-state index is 12.1. The number of aromatic amines is 1. The molecule has 1 aromatic heterocycles. The molecule has 2 aromatic carbocycles. The Hall–Kier alpha value is -2.57. The molecule has 0 saturated carbocycles. The molecule has 0 amide bonds. The fourth-order valence-corrected chi connectivity index (χ4v) is 2.31. The summed E-state index contributed by atoms with van der Waals surface area (Å²) in [5.41, 5.74) is 0.0350. The number of fused-ring (bicyclic) bond motifs is 3. The first kappa shape index (κ1) is 18.5. The van der Waals surface area contributed by atoms with Crippen molar-refractivity contribution in [2.75, 3.05) is 0 Å². The SMILES string of the molecule is Cl.Cl.O=C(O)c1ccc2c(c1)[nH]c(=O)c1cc(C(=O)O)ccc12. The first-order valence-corrected chi connectivity index (χ1v) is 6.04. The van der Waals surface area contributed by atoms with Crippen molar-refractivity contribution in [3.05, 3.63) is 57.9 Å². The number of aromatic carboxylic acids is 2. The van der Waals surface area contributed by atoms with Crippen LogP contribution in [-0.4, -0.2) is 27.1 Å². The lowest BCUT2D eigenvalue weighted by atomic mass is 10.0. The molecule has 0 aliphatic carbocycles. The van der Waals surface area contributed by atoms with E-state index in [2.05, 4.69) is 4.98 Å². The first-order chi connectivity index (χ1) is 9.97. The maximum Gasteiger partial charge on any atom is 0.335 e. The average molecular weight is 356 g/mol. The summed E-state index contributed by atoms with van der Waals surface area (Å²) in [5, 5.41) is 19.4. The van der Waals surface area contributed by atoms with Gasteiger partial charge in [0.1, 0.15) is 0 Å². The molecule has 3 rings (SSSR count). The van der Waals surface area contributed by atoms with Crippen LogP contribution >= 0.6 is 24.8 Å². The number of carboxylic acid groups (broad SMARTS) is 2. The predicted octanol–water partition coefficient (Wildman–Crippen LogP) is 2.92. The van der Waals surface area contributed by atoms with Crippen LogP contribution in [0.4, 0.5) is 0 Å². The van der Waals surface area contributed by atoms with Crippen LogP contribution in [0.3, 0.4) is 0 Å². The third-order valence-electron chi connectivity index (χ3n) is 3.32. The van der Waals surface area contributed by atoms with E-state index in [4.69, 9.17) is 10.2 Å². The number of nitrogens with one attached hydrogen (secondary N) is 1. The van der Waals surface area contributed by atoms with E-state index in [-0.39, 0.29) is 41.3 Å². The fourth-order valence-electron chi connectivity index (χ4n) is 2.31. The van der Waals surface area contributed by atoms with Crippen molar-refractivity contribution in [1.82, 2.24) is 4.98 Å². The highest BCUT2D eigenvalue weighted by molar-refractivity contribution is 6.08. The molecular formula is C15H11Cl2NO5. The predicted molar refractivity (Wildman–Crippen MR) is 90.5 cm³/mol. The molecule has 3 aromatic rings. The minimum absolute atomic E-state index is 0. The van der Waals surface area contributed by atoms with E-state index in [0.717, 1.165) is 0 Å². The van der Waals surface area contributed by atoms with Crippen LogP contribution in [0, 0.1) is 0 Å². The number of hydrogen-bond acceptors (Lipinski definition) is 3. The van der Waals surface area contributed by atoms with E-state index in [0.29, 0.717) is 16.3 Å². The molecule has 0 aliphatic heterocycles. The van der Waals surface area contributed by atoms with E-state index < -0.39 is 17.5 Å². The third kappa shape index (κ3) is 3.13. The van der Waals surface area contributed by atoms with Crippen molar-refractivity contribution in [2.24, 2.45) is 0 Å². The molecule has 0 saturated heterocycles. The Morgan fingerprint density at radius 1 is 0.783 bits per heavy atom. The van der Waals surface area contributed by atoms with Gasteiger partial charge in [0.25, 0.3) is 5.56 Å². The number of pyridine rings is 1. The monoisotopic (exact) mass is 355 g/mol. The van der Waals surface area contributed by atoms with Gasteiger partial charge in [-0.05, 0) is 29.7 Å². The highest BCUT2D eigenvalue weighted by Crippen LogP contribution is 2.23. The molecule has 0 unspecified atom stereocenters. The van der Waals surface area contributed by atoms with Gasteiger partial charge in [-0.3, -0.25) is 4.79 Å². The smallest absolute Gasteiger partial charge is 0.335 e. The number of halogens is 2. The zero-order valence-electron chi connectivity index (χ0n) is 11.4.